The van der Waals surface area contributed by atoms with E-state index < -0.39 is 0 Å². The van der Waals surface area contributed by atoms with Gasteiger partial charge in [-0.15, -0.1) is 0 Å². The van der Waals surface area contributed by atoms with Crippen LogP contribution in [0, 0.1) is 3.57 Å². The Morgan fingerprint density at radius 1 is 1.17 bits per heavy atom. The minimum Gasteiger partial charge on any atom is -0.326 e. The second-order valence-electron chi connectivity index (χ2n) is 3.86. The van der Waals surface area contributed by atoms with Crippen molar-refractivity contribution in [3.05, 3.63) is 62.7 Å². The molecular formula is C14H11ClINO. The third-order valence-corrected chi connectivity index (χ3v) is 3.34. The van der Waals surface area contributed by atoms with Crippen LogP contribution in [-0.4, -0.2) is 5.91 Å². The SMILES string of the molecule is O=C(Cc1cccc(Cl)c1)Nc1ccc(I)cc1. The number of amides is 1. The molecule has 2 aromatic carbocycles. The lowest BCUT2D eigenvalue weighted by molar-refractivity contribution is -0.115. The molecule has 1 amide bonds. The molecule has 0 fully saturated rings. The van der Waals surface area contributed by atoms with Gasteiger partial charge in [0.25, 0.3) is 0 Å². The van der Waals surface area contributed by atoms with Gasteiger partial charge in [-0.2, -0.15) is 0 Å². The minimum atomic E-state index is -0.0431. The number of halogens is 2. The summed E-state index contributed by atoms with van der Waals surface area (Å²) in [6.07, 6.45) is 0.326. The van der Waals surface area contributed by atoms with Crippen LogP contribution >= 0.6 is 34.2 Å². The van der Waals surface area contributed by atoms with Gasteiger partial charge in [-0.1, -0.05) is 23.7 Å². The summed E-state index contributed by atoms with van der Waals surface area (Å²) in [5.41, 5.74) is 1.72. The van der Waals surface area contributed by atoms with Crippen molar-refractivity contribution >= 4 is 45.8 Å². The van der Waals surface area contributed by atoms with Crippen LogP contribution in [0.5, 0.6) is 0 Å². The van der Waals surface area contributed by atoms with Crippen LogP contribution in [0.25, 0.3) is 0 Å². The molecule has 92 valence electrons. The summed E-state index contributed by atoms with van der Waals surface area (Å²) in [5.74, 6) is -0.0431. The van der Waals surface area contributed by atoms with Crippen LogP contribution in [0.15, 0.2) is 48.5 Å². The van der Waals surface area contributed by atoms with Crippen molar-refractivity contribution in [2.24, 2.45) is 0 Å². The molecule has 0 aromatic heterocycles. The van der Waals surface area contributed by atoms with Crippen LogP contribution in [0.2, 0.25) is 5.02 Å². The number of carbonyl (C=O) groups excluding carboxylic acids is 1. The zero-order chi connectivity index (χ0) is 13.0. The fraction of sp³-hybridized carbons (Fsp3) is 0.0714. The standard InChI is InChI=1S/C14H11ClINO/c15-11-3-1-2-10(8-11)9-14(18)17-13-6-4-12(16)5-7-13/h1-8H,9H2,(H,17,18). The van der Waals surface area contributed by atoms with Gasteiger partial charge in [-0.3, -0.25) is 4.79 Å². The van der Waals surface area contributed by atoms with Crippen LogP contribution < -0.4 is 5.32 Å². The van der Waals surface area contributed by atoms with Crippen LogP contribution in [0.3, 0.4) is 0 Å². The summed E-state index contributed by atoms with van der Waals surface area (Å²) in [5, 5.41) is 3.50. The number of benzene rings is 2. The largest absolute Gasteiger partial charge is 0.326 e. The number of rotatable bonds is 3. The molecule has 0 aliphatic heterocycles. The molecule has 18 heavy (non-hydrogen) atoms. The molecule has 0 aliphatic carbocycles. The van der Waals surface area contributed by atoms with E-state index in [0.717, 1.165) is 14.8 Å². The van der Waals surface area contributed by atoms with Crippen molar-refractivity contribution in [2.75, 3.05) is 5.32 Å². The molecule has 0 radical (unpaired) electrons. The first-order valence-electron chi connectivity index (χ1n) is 5.43. The van der Waals surface area contributed by atoms with Gasteiger partial charge in [0.05, 0.1) is 6.42 Å². The van der Waals surface area contributed by atoms with Crippen molar-refractivity contribution in [3.8, 4) is 0 Å². The van der Waals surface area contributed by atoms with Crippen molar-refractivity contribution in [1.82, 2.24) is 0 Å². The third kappa shape index (κ3) is 3.99. The van der Waals surface area contributed by atoms with E-state index in [4.69, 9.17) is 11.6 Å². The zero-order valence-electron chi connectivity index (χ0n) is 9.49. The highest BCUT2D eigenvalue weighted by Gasteiger charge is 2.04. The van der Waals surface area contributed by atoms with Crippen molar-refractivity contribution in [1.29, 1.82) is 0 Å². The topological polar surface area (TPSA) is 29.1 Å². The van der Waals surface area contributed by atoms with Crippen LogP contribution in [0.1, 0.15) is 5.56 Å². The summed E-state index contributed by atoms with van der Waals surface area (Å²) in [7, 11) is 0. The fourth-order valence-electron chi connectivity index (χ4n) is 1.57. The minimum absolute atomic E-state index is 0.0431. The van der Waals surface area contributed by atoms with E-state index in [9.17, 15) is 4.79 Å². The Morgan fingerprint density at radius 3 is 2.56 bits per heavy atom. The van der Waals surface area contributed by atoms with Gasteiger partial charge in [0.1, 0.15) is 0 Å². The molecule has 0 spiro atoms. The Labute approximate surface area is 124 Å². The average molecular weight is 372 g/mol. The van der Waals surface area contributed by atoms with E-state index in [-0.39, 0.29) is 5.91 Å². The molecule has 0 heterocycles. The van der Waals surface area contributed by atoms with Crippen molar-refractivity contribution in [3.63, 3.8) is 0 Å². The van der Waals surface area contributed by atoms with E-state index >= 15 is 0 Å². The number of anilines is 1. The molecule has 2 aromatic rings. The number of hydrogen-bond acceptors (Lipinski definition) is 1. The molecule has 2 nitrogen and oxygen atoms in total. The summed E-state index contributed by atoms with van der Waals surface area (Å²) in [6, 6.07) is 15.0. The van der Waals surface area contributed by atoms with Gasteiger partial charge in [0.2, 0.25) is 5.91 Å². The summed E-state index contributed by atoms with van der Waals surface area (Å²) >= 11 is 8.10. The second-order valence-corrected chi connectivity index (χ2v) is 5.54. The predicted molar refractivity (Wildman–Crippen MR) is 82.9 cm³/mol. The van der Waals surface area contributed by atoms with Crippen LogP contribution in [0.4, 0.5) is 5.69 Å². The molecule has 0 aliphatic rings. The lowest BCUT2D eigenvalue weighted by Gasteiger charge is -2.05. The van der Waals surface area contributed by atoms with Gasteiger partial charge < -0.3 is 5.32 Å². The second kappa shape index (κ2) is 6.20. The average Bonchev–Trinajstić information content (AvgIpc) is 2.32. The van der Waals surface area contributed by atoms with E-state index in [2.05, 4.69) is 27.9 Å². The highest BCUT2D eigenvalue weighted by Crippen LogP contribution is 2.13. The van der Waals surface area contributed by atoms with E-state index in [1.54, 1.807) is 12.1 Å². The Morgan fingerprint density at radius 2 is 1.89 bits per heavy atom. The van der Waals surface area contributed by atoms with Crippen LogP contribution in [-0.2, 0) is 11.2 Å². The maximum absolute atomic E-state index is 11.8. The van der Waals surface area contributed by atoms with Gasteiger partial charge in [0.15, 0.2) is 0 Å². The molecule has 1 N–H and O–H groups in total. The summed E-state index contributed by atoms with van der Waals surface area (Å²) in [4.78, 5) is 11.8. The van der Waals surface area contributed by atoms with Crippen molar-refractivity contribution < 1.29 is 4.79 Å². The smallest absolute Gasteiger partial charge is 0.228 e. The lowest BCUT2D eigenvalue weighted by atomic mass is 10.1. The third-order valence-electron chi connectivity index (χ3n) is 2.38. The molecule has 0 saturated carbocycles. The normalized spacial score (nSPS) is 10.1. The number of nitrogens with one attached hydrogen (secondary N) is 1. The first-order chi connectivity index (χ1) is 8.63. The lowest BCUT2D eigenvalue weighted by Crippen LogP contribution is -2.14. The first-order valence-corrected chi connectivity index (χ1v) is 6.89. The molecular weight excluding hydrogens is 361 g/mol. The highest BCUT2D eigenvalue weighted by molar-refractivity contribution is 14.1. The maximum Gasteiger partial charge on any atom is 0.228 e. The number of hydrogen-bond donors (Lipinski definition) is 1. The Balaban J connectivity index is 1.98. The van der Waals surface area contributed by atoms with E-state index in [1.165, 1.54) is 0 Å². The molecule has 4 heteroatoms. The van der Waals surface area contributed by atoms with E-state index in [0.29, 0.717) is 11.4 Å². The van der Waals surface area contributed by atoms with Crippen molar-refractivity contribution in [2.45, 2.75) is 6.42 Å². The molecule has 2 rings (SSSR count). The molecule has 0 saturated heterocycles. The Kier molecular flexibility index (Phi) is 4.60. The predicted octanol–water partition coefficient (Wildman–Crippen LogP) is 4.13. The Hall–Kier alpha value is -1.07. The molecule has 0 unspecified atom stereocenters. The fourth-order valence-corrected chi connectivity index (χ4v) is 2.14. The highest BCUT2D eigenvalue weighted by atomic mass is 127. The summed E-state index contributed by atoms with van der Waals surface area (Å²) in [6.45, 7) is 0. The zero-order valence-corrected chi connectivity index (χ0v) is 12.4. The first kappa shape index (κ1) is 13.4. The number of carbonyl (C=O) groups is 1. The molecule has 0 atom stereocenters. The quantitative estimate of drug-likeness (QED) is 0.808. The molecule has 0 bridgehead atoms. The summed E-state index contributed by atoms with van der Waals surface area (Å²) < 4.78 is 1.14. The van der Waals surface area contributed by atoms with Gasteiger partial charge >= 0.3 is 0 Å². The van der Waals surface area contributed by atoms with Gasteiger partial charge in [-0.05, 0) is 64.6 Å². The maximum atomic E-state index is 11.8. The monoisotopic (exact) mass is 371 g/mol. The van der Waals surface area contributed by atoms with Gasteiger partial charge in [0, 0.05) is 14.3 Å². The van der Waals surface area contributed by atoms with Gasteiger partial charge in [-0.25, -0.2) is 0 Å². The van der Waals surface area contributed by atoms with E-state index in [1.807, 2.05) is 36.4 Å². The Bertz CT molecular complexity index is 554.